The van der Waals surface area contributed by atoms with Gasteiger partial charge in [0.15, 0.2) is 0 Å². The maximum atomic E-state index is 13.5. The van der Waals surface area contributed by atoms with Crippen LogP contribution >= 0.6 is 0 Å². The molecule has 2 aliphatic carbocycles. The van der Waals surface area contributed by atoms with Gasteiger partial charge in [-0.3, -0.25) is 9.59 Å². The first-order valence-corrected chi connectivity index (χ1v) is 13.5. The van der Waals surface area contributed by atoms with E-state index in [-0.39, 0.29) is 43.7 Å². The average Bonchev–Trinajstić information content (AvgIpc) is 3.74. The number of amides is 2. The largest absolute Gasteiger partial charge is 0.481 e. The van der Waals surface area contributed by atoms with Crippen LogP contribution in [0.3, 0.4) is 0 Å². The van der Waals surface area contributed by atoms with E-state index in [9.17, 15) is 19.5 Å². The molecule has 7 heteroatoms. The number of ether oxygens (including phenoxy) is 1. The van der Waals surface area contributed by atoms with Crippen molar-refractivity contribution in [3.8, 4) is 11.1 Å². The summed E-state index contributed by atoms with van der Waals surface area (Å²) in [5.74, 6) is -1.02. The summed E-state index contributed by atoms with van der Waals surface area (Å²) in [5, 5.41) is 12.2. The number of nitrogens with zero attached hydrogens (tertiary/aromatic N) is 1. The zero-order valence-corrected chi connectivity index (χ0v) is 22.1. The van der Waals surface area contributed by atoms with Crippen LogP contribution < -0.4 is 5.32 Å². The number of fused-ring (bicyclic) bond motifs is 3. The minimum Gasteiger partial charge on any atom is -0.481 e. The van der Waals surface area contributed by atoms with E-state index in [1.165, 1.54) is 0 Å². The molecule has 2 N–H and O–H groups in total. The highest BCUT2D eigenvalue weighted by Gasteiger charge is 2.45. The van der Waals surface area contributed by atoms with Crippen LogP contribution in [0.1, 0.15) is 55.2 Å². The highest BCUT2D eigenvalue weighted by molar-refractivity contribution is 5.80. The molecule has 3 aromatic rings. The van der Waals surface area contributed by atoms with Gasteiger partial charge >= 0.3 is 12.1 Å². The molecule has 39 heavy (non-hydrogen) atoms. The topological polar surface area (TPSA) is 95.9 Å². The third-order valence-electron chi connectivity index (χ3n) is 7.89. The Morgan fingerprint density at radius 3 is 2.10 bits per heavy atom. The number of hydrogen-bond donors (Lipinski definition) is 2. The predicted molar refractivity (Wildman–Crippen MR) is 148 cm³/mol. The first-order chi connectivity index (χ1) is 18.8. The van der Waals surface area contributed by atoms with Gasteiger partial charge in [-0.25, -0.2) is 4.79 Å². The second kappa shape index (κ2) is 11.3. The Bertz CT molecular complexity index is 1310. The van der Waals surface area contributed by atoms with Crippen molar-refractivity contribution in [3.05, 3.63) is 95.6 Å². The summed E-state index contributed by atoms with van der Waals surface area (Å²) in [6.45, 7) is 2.52. The van der Waals surface area contributed by atoms with Gasteiger partial charge in [-0.05, 0) is 53.5 Å². The molecule has 0 aromatic heterocycles. The van der Waals surface area contributed by atoms with Gasteiger partial charge in [0, 0.05) is 19.0 Å². The fraction of sp³-hybridized carbons (Fsp3) is 0.344. The quantitative estimate of drug-likeness (QED) is 0.340. The molecular formula is C32H34N2O5. The summed E-state index contributed by atoms with van der Waals surface area (Å²) in [6.07, 6.45) is 1.23. The number of rotatable bonds is 11. The summed E-state index contributed by atoms with van der Waals surface area (Å²) in [4.78, 5) is 39.4. The second-order valence-corrected chi connectivity index (χ2v) is 10.8. The van der Waals surface area contributed by atoms with Gasteiger partial charge in [0.2, 0.25) is 5.91 Å². The van der Waals surface area contributed by atoms with Gasteiger partial charge in [-0.1, -0.05) is 78.9 Å². The van der Waals surface area contributed by atoms with Gasteiger partial charge < -0.3 is 20.1 Å². The molecule has 3 aromatic carbocycles. The monoisotopic (exact) mass is 526 g/mol. The number of benzene rings is 3. The Kier molecular flexibility index (Phi) is 7.68. The molecule has 2 amide bonds. The molecule has 0 bridgehead atoms. The molecule has 0 saturated heterocycles. The lowest BCUT2D eigenvalue weighted by molar-refractivity contribution is -0.139. The third-order valence-corrected chi connectivity index (χ3v) is 7.89. The number of carboxylic acids is 1. The molecule has 7 nitrogen and oxygen atoms in total. The summed E-state index contributed by atoms with van der Waals surface area (Å²) in [7, 11) is 0. The van der Waals surface area contributed by atoms with Crippen molar-refractivity contribution in [1.29, 1.82) is 0 Å². The van der Waals surface area contributed by atoms with Gasteiger partial charge in [-0.2, -0.15) is 0 Å². The molecule has 0 heterocycles. The Morgan fingerprint density at radius 2 is 1.51 bits per heavy atom. The van der Waals surface area contributed by atoms with Gasteiger partial charge in [0.05, 0.1) is 18.4 Å². The van der Waals surface area contributed by atoms with Crippen molar-refractivity contribution in [1.82, 2.24) is 10.2 Å². The lowest BCUT2D eigenvalue weighted by Gasteiger charge is -2.33. The van der Waals surface area contributed by atoms with Crippen molar-refractivity contribution >= 4 is 18.0 Å². The van der Waals surface area contributed by atoms with E-state index in [1.54, 1.807) is 4.90 Å². The Hall–Kier alpha value is -4.13. The van der Waals surface area contributed by atoms with Crippen molar-refractivity contribution in [3.63, 3.8) is 0 Å². The van der Waals surface area contributed by atoms with Crippen molar-refractivity contribution in [2.24, 2.45) is 5.92 Å². The molecule has 0 radical (unpaired) electrons. The molecule has 202 valence electrons. The number of alkyl carbamates (subject to hydrolysis) is 1. The van der Waals surface area contributed by atoms with E-state index in [1.807, 2.05) is 61.5 Å². The minimum absolute atomic E-state index is 0.0469. The number of nitrogens with one attached hydrogen (secondary N) is 1. The molecule has 2 aliphatic rings. The molecule has 1 fully saturated rings. The van der Waals surface area contributed by atoms with Crippen LogP contribution in [0.5, 0.6) is 0 Å². The smallest absolute Gasteiger partial charge is 0.407 e. The van der Waals surface area contributed by atoms with Crippen LogP contribution in [0.15, 0.2) is 78.9 Å². The molecule has 1 saturated carbocycles. The molecule has 0 aliphatic heterocycles. The van der Waals surface area contributed by atoms with Crippen molar-refractivity contribution < 1.29 is 24.2 Å². The zero-order valence-electron chi connectivity index (χ0n) is 22.1. The molecule has 0 spiro atoms. The lowest BCUT2D eigenvalue weighted by Crippen LogP contribution is -2.51. The standard InChI is InChI=1S/C32H34N2O5/c1-32(23-15-16-23,19-29(35)34(18-17-30(36)37)20-22-9-3-2-4-10-22)33-31(38)39-21-28-26-13-7-5-11-24(26)25-12-6-8-14-27(25)28/h2-14,23,28H,15-21H2,1H3,(H,33,38)(H,36,37). The van der Waals surface area contributed by atoms with Crippen molar-refractivity contribution in [2.45, 2.75) is 50.6 Å². The maximum absolute atomic E-state index is 13.5. The van der Waals surface area contributed by atoms with Crippen LogP contribution in [-0.2, 0) is 20.9 Å². The molecule has 1 atom stereocenters. The van der Waals surface area contributed by atoms with Gasteiger partial charge in [-0.15, -0.1) is 0 Å². The molecule has 5 rings (SSSR count). The van der Waals surface area contributed by atoms with Crippen LogP contribution in [0.4, 0.5) is 4.79 Å². The van der Waals surface area contributed by atoms with Crippen LogP contribution in [0.25, 0.3) is 11.1 Å². The number of carboxylic acid groups (broad SMARTS) is 1. The maximum Gasteiger partial charge on any atom is 0.407 e. The Labute approximate surface area is 228 Å². The van der Waals surface area contributed by atoms with Crippen molar-refractivity contribution in [2.75, 3.05) is 13.2 Å². The van der Waals surface area contributed by atoms with Crippen LogP contribution in [0.2, 0.25) is 0 Å². The third kappa shape index (κ3) is 6.14. The SMILES string of the molecule is CC(CC(=O)N(CCC(=O)O)Cc1ccccc1)(NC(=O)OCC1c2ccccc2-c2ccccc21)C1CC1. The van der Waals surface area contributed by atoms with E-state index >= 15 is 0 Å². The minimum atomic E-state index is -0.956. The Morgan fingerprint density at radius 1 is 0.923 bits per heavy atom. The number of carbonyl (C=O) groups excluding carboxylic acids is 2. The van der Waals surface area contributed by atoms with E-state index < -0.39 is 17.6 Å². The van der Waals surface area contributed by atoms with Crippen LogP contribution in [-0.4, -0.2) is 46.7 Å². The summed E-state index contributed by atoms with van der Waals surface area (Å²) < 4.78 is 5.78. The second-order valence-electron chi connectivity index (χ2n) is 10.8. The lowest BCUT2D eigenvalue weighted by atomic mass is 9.91. The molecule has 1 unspecified atom stereocenters. The number of aliphatic carboxylic acids is 1. The zero-order chi connectivity index (χ0) is 27.4. The first-order valence-electron chi connectivity index (χ1n) is 13.5. The summed E-state index contributed by atoms with van der Waals surface area (Å²) >= 11 is 0. The van der Waals surface area contributed by atoms with Gasteiger partial charge in [0.25, 0.3) is 0 Å². The highest BCUT2D eigenvalue weighted by Crippen LogP contribution is 2.45. The number of hydrogen-bond acceptors (Lipinski definition) is 4. The fourth-order valence-electron chi connectivity index (χ4n) is 5.63. The average molecular weight is 527 g/mol. The predicted octanol–water partition coefficient (Wildman–Crippen LogP) is 5.59. The van der Waals surface area contributed by atoms with Crippen LogP contribution in [0, 0.1) is 5.92 Å². The normalized spacial score (nSPS) is 15.5. The summed E-state index contributed by atoms with van der Waals surface area (Å²) in [5.41, 5.74) is 4.75. The van der Waals surface area contributed by atoms with E-state index in [0.29, 0.717) is 6.54 Å². The fourth-order valence-corrected chi connectivity index (χ4v) is 5.63. The first kappa shape index (κ1) is 26.5. The van der Waals surface area contributed by atoms with E-state index in [4.69, 9.17) is 4.74 Å². The Balaban J connectivity index is 1.25. The highest BCUT2D eigenvalue weighted by atomic mass is 16.5. The summed E-state index contributed by atoms with van der Waals surface area (Å²) in [6, 6.07) is 25.9. The van der Waals surface area contributed by atoms with Gasteiger partial charge in [0.1, 0.15) is 6.61 Å². The molecular weight excluding hydrogens is 492 g/mol. The van der Waals surface area contributed by atoms with E-state index in [2.05, 4.69) is 29.6 Å². The van der Waals surface area contributed by atoms with E-state index in [0.717, 1.165) is 40.7 Å². The number of carbonyl (C=O) groups is 3.